The van der Waals surface area contributed by atoms with Crippen LogP contribution in [-0.2, 0) is 14.8 Å². The van der Waals surface area contributed by atoms with E-state index >= 15 is 0 Å². The number of carbonyl (C=O) groups excluding carboxylic acids is 1. The molecule has 0 unspecified atom stereocenters. The first kappa shape index (κ1) is 21.8. The predicted octanol–water partition coefficient (Wildman–Crippen LogP) is 0.810. The smallest absolute Gasteiger partial charge is 0.325 e. The van der Waals surface area contributed by atoms with E-state index in [1.807, 2.05) is 11.9 Å². The number of anilines is 1. The number of sulfonamides is 1. The number of ether oxygens (including phenoxy) is 1. The van der Waals surface area contributed by atoms with Crippen molar-refractivity contribution in [2.24, 2.45) is 5.92 Å². The fraction of sp³-hybridized carbons (Fsp3) is 0.421. The van der Waals surface area contributed by atoms with Crippen molar-refractivity contribution < 1.29 is 17.9 Å². The highest BCUT2D eigenvalue weighted by molar-refractivity contribution is 7.89. The van der Waals surface area contributed by atoms with E-state index in [1.165, 1.54) is 6.92 Å². The van der Waals surface area contributed by atoms with Gasteiger partial charge < -0.3 is 15.0 Å². The summed E-state index contributed by atoms with van der Waals surface area (Å²) < 4.78 is 32.5. The van der Waals surface area contributed by atoms with Crippen LogP contribution in [0.25, 0.3) is 0 Å². The van der Waals surface area contributed by atoms with Crippen LogP contribution < -0.4 is 21.3 Å². The number of H-pyrrole nitrogens is 2. The van der Waals surface area contributed by atoms with Crippen LogP contribution in [0.15, 0.2) is 38.8 Å². The van der Waals surface area contributed by atoms with Gasteiger partial charge in [-0.1, -0.05) is 0 Å². The highest BCUT2D eigenvalue weighted by Crippen LogP contribution is 2.24. The van der Waals surface area contributed by atoms with Crippen molar-refractivity contribution in [2.45, 2.75) is 31.6 Å². The van der Waals surface area contributed by atoms with Gasteiger partial charge in [-0.3, -0.25) is 14.6 Å². The number of aromatic amines is 2. The second-order valence-corrected chi connectivity index (χ2v) is 8.89. The summed E-state index contributed by atoms with van der Waals surface area (Å²) in [4.78, 5) is 39.9. The van der Waals surface area contributed by atoms with Crippen molar-refractivity contribution in [3.8, 4) is 5.75 Å². The number of hydrogen-bond acceptors (Lipinski definition) is 6. The first-order chi connectivity index (χ1) is 14.2. The number of carbonyl (C=O) groups is 1. The molecule has 1 aliphatic heterocycles. The van der Waals surface area contributed by atoms with Crippen molar-refractivity contribution in [1.29, 1.82) is 0 Å². The van der Waals surface area contributed by atoms with Crippen LogP contribution in [0.4, 0.5) is 5.69 Å². The Morgan fingerprint density at radius 1 is 1.23 bits per heavy atom. The van der Waals surface area contributed by atoms with Crippen LogP contribution in [-0.4, -0.2) is 48.3 Å². The summed E-state index contributed by atoms with van der Waals surface area (Å²) in [6.07, 6.45) is 0.997. The molecule has 0 spiro atoms. The number of benzene rings is 1. The maximum Gasteiger partial charge on any atom is 0.325 e. The minimum atomic E-state index is -4.17. The maximum absolute atomic E-state index is 13.0. The molecule has 0 bridgehead atoms. The third kappa shape index (κ3) is 4.62. The van der Waals surface area contributed by atoms with E-state index in [0.717, 1.165) is 4.31 Å². The lowest BCUT2D eigenvalue weighted by molar-refractivity contribution is -0.120. The lowest BCUT2D eigenvalue weighted by Crippen LogP contribution is -2.45. The first-order valence-corrected chi connectivity index (χ1v) is 11.0. The SMILES string of the molecule is CCOc1ccc(NC(=O)[C@H]2CCCN(S(=O)(=O)c3c(C)[nH]c(=O)[nH]c3=O)C2)cc1. The number of piperidine rings is 1. The molecule has 2 heterocycles. The number of nitrogens with zero attached hydrogens (tertiary/aromatic N) is 1. The number of amides is 1. The molecule has 162 valence electrons. The van der Waals surface area contributed by atoms with Gasteiger partial charge in [0.2, 0.25) is 15.9 Å². The highest BCUT2D eigenvalue weighted by atomic mass is 32.2. The largest absolute Gasteiger partial charge is 0.494 e. The average molecular weight is 436 g/mol. The molecule has 3 rings (SSSR count). The molecule has 0 saturated carbocycles. The Morgan fingerprint density at radius 3 is 2.57 bits per heavy atom. The molecule has 0 aliphatic carbocycles. The quantitative estimate of drug-likeness (QED) is 0.612. The molecule has 1 atom stereocenters. The summed E-state index contributed by atoms with van der Waals surface area (Å²) in [6, 6.07) is 6.90. The molecule has 1 aromatic carbocycles. The van der Waals surface area contributed by atoms with Gasteiger partial charge in [0.05, 0.1) is 12.5 Å². The van der Waals surface area contributed by atoms with Gasteiger partial charge in [-0.15, -0.1) is 0 Å². The second-order valence-electron chi connectivity index (χ2n) is 7.01. The summed E-state index contributed by atoms with van der Waals surface area (Å²) in [5, 5.41) is 2.79. The van der Waals surface area contributed by atoms with Gasteiger partial charge in [0, 0.05) is 24.5 Å². The van der Waals surface area contributed by atoms with E-state index in [4.69, 9.17) is 4.74 Å². The minimum absolute atomic E-state index is 0.0373. The normalized spacial score (nSPS) is 17.5. The molecular weight excluding hydrogens is 412 g/mol. The summed E-state index contributed by atoms with van der Waals surface area (Å²) >= 11 is 0. The summed E-state index contributed by atoms with van der Waals surface area (Å²) in [5.74, 6) is -0.180. The topological polar surface area (TPSA) is 141 Å². The second kappa shape index (κ2) is 8.84. The lowest BCUT2D eigenvalue weighted by Gasteiger charge is -2.31. The van der Waals surface area contributed by atoms with Crippen molar-refractivity contribution in [2.75, 3.05) is 25.0 Å². The van der Waals surface area contributed by atoms with E-state index in [2.05, 4.69) is 10.3 Å². The maximum atomic E-state index is 13.0. The Bertz CT molecular complexity index is 1140. The van der Waals surface area contributed by atoms with Crippen LogP contribution in [0, 0.1) is 12.8 Å². The zero-order valence-corrected chi connectivity index (χ0v) is 17.5. The Labute approximate surface area is 173 Å². The first-order valence-electron chi connectivity index (χ1n) is 9.59. The number of rotatable bonds is 6. The van der Waals surface area contributed by atoms with Gasteiger partial charge in [-0.25, -0.2) is 13.2 Å². The molecule has 2 aromatic rings. The highest BCUT2D eigenvalue weighted by Gasteiger charge is 2.35. The number of nitrogens with one attached hydrogen (secondary N) is 3. The molecule has 1 aliphatic rings. The standard InChI is InChI=1S/C19H24N4O6S/c1-3-29-15-8-6-14(7-9-15)21-17(24)13-5-4-10-23(11-13)30(27,28)16-12(2)20-19(26)22-18(16)25/h6-9,13H,3-5,10-11H2,1-2H3,(H,21,24)(H2,20,22,25,26)/t13-/m0/s1. The van der Waals surface area contributed by atoms with Gasteiger partial charge in [-0.05, 0) is 51.0 Å². The fourth-order valence-corrected chi connectivity index (χ4v) is 5.18. The van der Waals surface area contributed by atoms with E-state index < -0.39 is 32.1 Å². The summed E-state index contributed by atoms with van der Waals surface area (Å²) in [6.45, 7) is 3.90. The van der Waals surface area contributed by atoms with Crippen molar-refractivity contribution in [3.05, 3.63) is 50.8 Å². The molecule has 1 saturated heterocycles. The van der Waals surface area contributed by atoms with Gasteiger partial charge in [0.15, 0.2) is 4.90 Å². The minimum Gasteiger partial charge on any atom is -0.494 e. The van der Waals surface area contributed by atoms with Crippen molar-refractivity contribution in [1.82, 2.24) is 14.3 Å². The molecule has 1 fully saturated rings. The molecule has 1 aromatic heterocycles. The Balaban J connectivity index is 1.75. The van der Waals surface area contributed by atoms with Crippen LogP contribution in [0.2, 0.25) is 0 Å². The van der Waals surface area contributed by atoms with Gasteiger partial charge in [-0.2, -0.15) is 4.31 Å². The third-order valence-corrected chi connectivity index (χ3v) is 6.88. The van der Waals surface area contributed by atoms with Crippen LogP contribution in [0.5, 0.6) is 5.75 Å². The zero-order chi connectivity index (χ0) is 21.9. The predicted molar refractivity (Wildman–Crippen MR) is 110 cm³/mol. The number of aryl methyl sites for hydroxylation is 1. The summed E-state index contributed by atoms with van der Waals surface area (Å²) in [5.41, 5.74) is -1.21. The van der Waals surface area contributed by atoms with Crippen molar-refractivity contribution in [3.63, 3.8) is 0 Å². The van der Waals surface area contributed by atoms with Gasteiger partial charge in [0.25, 0.3) is 5.56 Å². The Kier molecular flexibility index (Phi) is 6.42. The molecule has 10 nitrogen and oxygen atoms in total. The Hall–Kier alpha value is -2.92. The summed E-state index contributed by atoms with van der Waals surface area (Å²) in [7, 11) is -4.17. The Morgan fingerprint density at radius 2 is 1.93 bits per heavy atom. The molecule has 0 radical (unpaired) electrons. The average Bonchev–Trinajstić information content (AvgIpc) is 2.69. The van der Waals surface area contributed by atoms with Crippen LogP contribution in [0.1, 0.15) is 25.5 Å². The number of hydrogen-bond donors (Lipinski definition) is 3. The van der Waals surface area contributed by atoms with E-state index in [0.29, 0.717) is 30.9 Å². The van der Waals surface area contributed by atoms with Gasteiger partial charge >= 0.3 is 5.69 Å². The molecule has 11 heteroatoms. The fourth-order valence-electron chi connectivity index (χ4n) is 3.45. The van der Waals surface area contributed by atoms with E-state index in [-0.39, 0.29) is 24.7 Å². The van der Waals surface area contributed by atoms with Crippen LogP contribution in [0.3, 0.4) is 0 Å². The number of aromatic nitrogens is 2. The zero-order valence-electron chi connectivity index (χ0n) is 16.7. The lowest BCUT2D eigenvalue weighted by atomic mass is 9.99. The molecule has 3 N–H and O–H groups in total. The van der Waals surface area contributed by atoms with E-state index in [9.17, 15) is 22.8 Å². The third-order valence-electron chi connectivity index (χ3n) is 4.86. The molecular formula is C19H24N4O6S. The molecule has 30 heavy (non-hydrogen) atoms. The van der Waals surface area contributed by atoms with Crippen molar-refractivity contribution >= 4 is 21.6 Å². The van der Waals surface area contributed by atoms with E-state index in [1.54, 1.807) is 24.3 Å². The monoisotopic (exact) mass is 436 g/mol. The van der Waals surface area contributed by atoms with Gasteiger partial charge in [0.1, 0.15) is 5.75 Å². The van der Waals surface area contributed by atoms with Crippen LogP contribution >= 0.6 is 0 Å². The molecule has 1 amide bonds.